The zero-order chi connectivity index (χ0) is 23.2. The highest BCUT2D eigenvalue weighted by molar-refractivity contribution is 6.31. The number of aryl methyl sites for hydroxylation is 1. The predicted octanol–water partition coefficient (Wildman–Crippen LogP) is 6.93. The average Bonchev–Trinajstić information content (AvgIpc) is 2.83. The van der Waals surface area contributed by atoms with Gasteiger partial charge in [0.2, 0.25) is 0 Å². The van der Waals surface area contributed by atoms with Gasteiger partial charge in [0.25, 0.3) is 5.91 Å². The number of fused-ring (bicyclic) bond motifs is 1. The average molecular weight is 453 g/mol. The maximum absolute atomic E-state index is 12.7. The summed E-state index contributed by atoms with van der Waals surface area (Å²) in [4.78, 5) is 12.7. The lowest BCUT2D eigenvalue weighted by Gasteiger charge is -2.10. The molecule has 0 radical (unpaired) electrons. The Kier molecular flexibility index (Phi) is 6.73. The van der Waals surface area contributed by atoms with Crippen molar-refractivity contribution in [1.82, 2.24) is 0 Å². The number of ether oxygens (including phenoxy) is 1. The Balaban J connectivity index is 1.50. The zero-order valence-corrected chi connectivity index (χ0v) is 18.8. The van der Waals surface area contributed by atoms with Gasteiger partial charge in [-0.1, -0.05) is 72.3 Å². The van der Waals surface area contributed by atoms with E-state index in [4.69, 9.17) is 16.3 Å². The molecule has 4 aromatic carbocycles. The first-order valence-corrected chi connectivity index (χ1v) is 10.8. The fraction of sp³-hybridized carbons (Fsp3) is 0.0714. The number of carbonyl (C=O) groups is 1. The number of benzene rings is 4. The van der Waals surface area contributed by atoms with Crippen LogP contribution in [0.4, 0.5) is 5.69 Å². The maximum atomic E-state index is 12.7. The van der Waals surface area contributed by atoms with E-state index in [0.29, 0.717) is 28.6 Å². The van der Waals surface area contributed by atoms with Gasteiger partial charge < -0.3 is 10.1 Å². The van der Waals surface area contributed by atoms with Crippen LogP contribution in [0.25, 0.3) is 16.8 Å². The maximum Gasteiger partial charge on any atom is 0.266 e. The van der Waals surface area contributed by atoms with Gasteiger partial charge in [0.15, 0.2) is 0 Å². The minimum Gasteiger partial charge on any atom is -0.489 e. The summed E-state index contributed by atoms with van der Waals surface area (Å²) in [7, 11) is 0. The molecule has 0 saturated heterocycles. The lowest BCUT2D eigenvalue weighted by molar-refractivity contribution is -0.112. The summed E-state index contributed by atoms with van der Waals surface area (Å²) in [6.07, 6.45) is 1.54. The fourth-order valence-corrected chi connectivity index (χ4v) is 3.68. The molecule has 0 aliphatic rings. The number of carbonyl (C=O) groups excluding carboxylic acids is 1. The Morgan fingerprint density at radius 1 is 1.03 bits per heavy atom. The Morgan fingerprint density at radius 2 is 1.82 bits per heavy atom. The van der Waals surface area contributed by atoms with Gasteiger partial charge in [-0.3, -0.25) is 4.79 Å². The van der Waals surface area contributed by atoms with E-state index in [-0.39, 0.29) is 5.57 Å². The first-order valence-electron chi connectivity index (χ1n) is 10.4. The first-order chi connectivity index (χ1) is 16.0. The van der Waals surface area contributed by atoms with E-state index in [0.717, 1.165) is 21.9 Å². The molecule has 162 valence electrons. The highest BCUT2D eigenvalue weighted by Gasteiger charge is 2.12. The van der Waals surface area contributed by atoms with E-state index in [1.807, 2.05) is 61.5 Å². The number of hydrogen-bond donors (Lipinski definition) is 1. The highest BCUT2D eigenvalue weighted by atomic mass is 35.5. The molecule has 0 aliphatic carbocycles. The number of rotatable bonds is 6. The number of nitriles is 1. The van der Waals surface area contributed by atoms with Gasteiger partial charge in [-0.2, -0.15) is 5.26 Å². The second-order valence-electron chi connectivity index (χ2n) is 7.58. The summed E-state index contributed by atoms with van der Waals surface area (Å²) in [5.41, 5.74) is 3.19. The third-order valence-corrected chi connectivity index (χ3v) is 5.49. The van der Waals surface area contributed by atoms with Crippen LogP contribution in [-0.4, -0.2) is 5.91 Å². The third kappa shape index (κ3) is 5.41. The monoisotopic (exact) mass is 452 g/mol. The summed E-state index contributed by atoms with van der Waals surface area (Å²) in [5, 5.41) is 15.1. The third-order valence-electron chi connectivity index (χ3n) is 5.26. The smallest absolute Gasteiger partial charge is 0.266 e. The summed E-state index contributed by atoms with van der Waals surface area (Å²) < 4.78 is 6.01. The van der Waals surface area contributed by atoms with Gasteiger partial charge in [0.1, 0.15) is 24.0 Å². The van der Waals surface area contributed by atoms with Crippen LogP contribution in [-0.2, 0) is 11.4 Å². The number of amides is 1. The van der Waals surface area contributed by atoms with Crippen LogP contribution >= 0.6 is 11.6 Å². The molecular weight excluding hydrogens is 432 g/mol. The molecule has 5 heteroatoms. The van der Waals surface area contributed by atoms with Crippen LogP contribution in [0.5, 0.6) is 5.75 Å². The van der Waals surface area contributed by atoms with E-state index in [1.54, 1.807) is 24.3 Å². The SMILES string of the molecule is Cc1ccc(Cl)cc1NC(=O)/C(C#N)=C\c1cccc(OCc2cccc3ccccc23)c1. The van der Waals surface area contributed by atoms with Crippen molar-refractivity contribution in [3.05, 3.63) is 112 Å². The molecule has 33 heavy (non-hydrogen) atoms. The molecule has 4 nitrogen and oxygen atoms in total. The second kappa shape index (κ2) is 10.0. The standard InChI is InChI=1S/C28H21ClN2O2/c1-19-12-13-24(29)16-27(19)31-28(32)23(17-30)14-20-6-4-10-25(15-20)33-18-22-9-5-8-21-7-2-3-11-26(21)22/h2-16H,18H2,1H3,(H,31,32)/b23-14-. The number of nitrogens with zero attached hydrogens (tertiary/aromatic N) is 1. The van der Waals surface area contributed by atoms with Gasteiger partial charge in [-0.15, -0.1) is 0 Å². The summed E-state index contributed by atoms with van der Waals surface area (Å²) in [5.74, 6) is 0.157. The lowest BCUT2D eigenvalue weighted by atomic mass is 10.1. The molecule has 0 unspecified atom stereocenters. The topological polar surface area (TPSA) is 62.1 Å². The van der Waals surface area contributed by atoms with Crippen molar-refractivity contribution >= 4 is 40.0 Å². The van der Waals surface area contributed by atoms with Crippen molar-refractivity contribution in [2.24, 2.45) is 0 Å². The largest absolute Gasteiger partial charge is 0.489 e. The molecule has 0 heterocycles. The second-order valence-corrected chi connectivity index (χ2v) is 8.02. The first kappa shape index (κ1) is 22.1. The Bertz CT molecular complexity index is 1400. The number of hydrogen-bond acceptors (Lipinski definition) is 3. The van der Waals surface area contributed by atoms with E-state index in [9.17, 15) is 10.1 Å². The molecule has 0 bridgehead atoms. The van der Waals surface area contributed by atoms with Crippen molar-refractivity contribution in [3.63, 3.8) is 0 Å². The van der Waals surface area contributed by atoms with Crippen molar-refractivity contribution in [2.75, 3.05) is 5.32 Å². The van der Waals surface area contributed by atoms with Crippen molar-refractivity contribution in [3.8, 4) is 11.8 Å². The Hall–Kier alpha value is -4.07. The van der Waals surface area contributed by atoms with Gasteiger partial charge >= 0.3 is 0 Å². The molecule has 1 N–H and O–H groups in total. The highest BCUT2D eigenvalue weighted by Crippen LogP contribution is 2.23. The molecule has 0 atom stereocenters. The van der Waals surface area contributed by atoms with Gasteiger partial charge in [-0.25, -0.2) is 0 Å². The Labute approximate surface area is 197 Å². The van der Waals surface area contributed by atoms with E-state index in [2.05, 4.69) is 23.5 Å². The van der Waals surface area contributed by atoms with Crippen LogP contribution in [0.2, 0.25) is 5.02 Å². The van der Waals surface area contributed by atoms with Gasteiger partial charge in [0.05, 0.1) is 0 Å². The van der Waals surface area contributed by atoms with Crippen molar-refractivity contribution in [1.29, 1.82) is 5.26 Å². The number of anilines is 1. The van der Waals surface area contributed by atoms with Crippen molar-refractivity contribution in [2.45, 2.75) is 13.5 Å². The minimum absolute atomic E-state index is 0.0134. The number of nitrogens with one attached hydrogen (secondary N) is 1. The molecule has 4 aromatic rings. The molecule has 0 aromatic heterocycles. The molecule has 4 rings (SSSR count). The van der Waals surface area contributed by atoms with E-state index in [1.165, 1.54) is 0 Å². The van der Waals surface area contributed by atoms with Crippen LogP contribution < -0.4 is 10.1 Å². The molecule has 0 spiro atoms. The summed E-state index contributed by atoms with van der Waals surface area (Å²) in [6, 6.07) is 28.8. The van der Waals surface area contributed by atoms with Gasteiger partial charge in [0, 0.05) is 10.7 Å². The van der Waals surface area contributed by atoms with Crippen molar-refractivity contribution < 1.29 is 9.53 Å². The predicted molar refractivity (Wildman–Crippen MR) is 133 cm³/mol. The fourth-order valence-electron chi connectivity index (χ4n) is 3.51. The molecule has 0 fully saturated rings. The van der Waals surface area contributed by atoms with Crippen LogP contribution in [0, 0.1) is 18.3 Å². The molecule has 0 aliphatic heterocycles. The van der Waals surface area contributed by atoms with E-state index >= 15 is 0 Å². The minimum atomic E-state index is -0.495. The summed E-state index contributed by atoms with van der Waals surface area (Å²) >= 11 is 6.02. The molecule has 0 saturated carbocycles. The normalized spacial score (nSPS) is 11.1. The lowest BCUT2D eigenvalue weighted by Crippen LogP contribution is -2.14. The van der Waals surface area contributed by atoms with Crippen LogP contribution in [0.15, 0.2) is 90.5 Å². The van der Waals surface area contributed by atoms with Crippen LogP contribution in [0.3, 0.4) is 0 Å². The van der Waals surface area contributed by atoms with Crippen LogP contribution in [0.1, 0.15) is 16.7 Å². The van der Waals surface area contributed by atoms with Gasteiger partial charge in [-0.05, 0) is 64.7 Å². The summed E-state index contributed by atoms with van der Waals surface area (Å²) in [6.45, 7) is 2.27. The number of halogens is 1. The molecule has 1 amide bonds. The molecular formula is C28H21ClN2O2. The Morgan fingerprint density at radius 3 is 2.67 bits per heavy atom. The zero-order valence-electron chi connectivity index (χ0n) is 18.0. The quantitative estimate of drug-likeness (QED) is 0.255. The van der Waals surface area contributed by atoms with E-state index < -0.39 is 5.91 Å².